The number of ether oxygens (including phenoxy) is 1. The Morgan fingerprint density at radius 1 is 1.25 bits per heavy atom. The maximum atomic E-state index is 13.8. The zero-order valence-electron chi connectivity index (χ0n) is 12.5. The van der Waals surface area contributed by atoms with Crippen molar-refractivity contribution in [3.8, 4) is 22.7 Å². The Labute approximate surface area is 141 Å². The minimum absolute atomic E-state index is 0.159. The molecule has 0 bridgehead atoms. The van der Waals surface area contributed by atoms with Crippen LogP contribution in [0.4, 0.5) is 4.39 Å². The van der Waals surface area contributed by atoms with Crippen LogP contribution in [0.3, 0.4) is 0 Å². The van der Waals surface area contributed by atoms with Gasteiger partial charge in [0, 0.05) is 16.7 Å². The summed E-state index contributed by atoms with van der Waals surface area (Å²) in [6.45, 7) is 0. The molecule has 0 aliphatic carbocycles. The maximum absolute atomic E-state index is 13.8. The Hall–Kier alpha value is -2.86. The maximum Gasteiger partial charge on any atom is 0.356 e. The molecular formula is C17H12ClFN2O3. The number of benzene rings is 2. The minimum Gasteiger partial charge on any atom is -0.497 e. The quantitative estimate of drug-likeness (QED) is 0.774. The number of carboxylic acid groups (broad SMARTS) is 1. The van der Waals surface area contributed by atoms with Crippen molar-refractivity contribution in [3.63, 3.8) is 0 Å². The lowest BCUT2D eigenvalue weighted by Gasteiger charge is -2.09. The van der Waals surface area contributed by atoms with Gasteiger partial charge in [-0.05, 0) is 36.4 Å². The number of halogens is 2. The van der Waals surface area contributed by atoms with Crippen LogP contribution in [0.1, 0.15) is 10.5 Å². The van der Waals surface area contributed by atoms with Gasteiger partial charge in [0.05, 0.1) is 18.5 Å². The summed E-state index contributed by atoms with van der Waals surface area (Å²) >= 11 is 6.00. The smallest absolute Gasteiger partial charge is 0.356 e. The third-order valence-electron chi connectivity index (χ3n) is 3.38. The zero-order chi connectivity index (χ0) is 17.3. The number of methoxy groups -OCH3 is 1. The molecule has 1 heterocycles. The van der Waals surface area contributed by atoms with Crippen LogP contribution in [0.25, 0.3) is 16.9 Å². The summed E-state index contributed by atoms with van der Waals surface area (Å²) in [5, 5.41) is 13.8. The van der Waals surface area contributed by atoms with E-state index in [0.717, 1.165) is 0 Å². The van der Waals surface area contributed by atoms with Crippen molar-refractivity contribution in [3.05, 3.63) is 65.1 Å². The van der Waals surface area contributed by atoms with E-state index in [-0.39, 0.29) is 5.69 Å². The first-order valence-electron chi connectivity index (χ1n) is 6.92. The number of carboxylic acids is 1. The van der Waals surface area contributed by atoms with Gasteiger partial charge in [-0.3, -0.25) is 0 Å². The van der Waals surface area contributed by atoms with Crippen LogP contribution in [0.5, 0.6) is 5.75 Å². The van der Waals surface area contributed by atoms with Gasteiger partial charge in [0.1, 0.15) is 11.6 Å². The van der Waals surface area contributed by atoms with Crippen LogP contribution in [-0.2, 0) is 0 Å². The average Bonchev–Trinajstić information content (AvgIpc) is 3.00. The molecule has 7 heteroatoms. The van der Waals surface area contributed by atoms with E-state index in [4.69, 9.17) is 16.3 Å². The molecule has 1 aromatic heterocycles. The minimum atomic E-state index is -1.18. The number of aromatic carboxylic acids is 1. The summed E-state index contributed by atoms with van der Waals surface area (Å²) in [5.41, 5.74) is 1.25. The van der Waals surface area contributed by atoms with Gasteiger partial charge >= 0.3 is 5.97 Å². The molecule has 0 amide bonds. The van der Waals surface area contributed by atoms with Gasteiger partial charge < -0.3 is 9.84 Å². The summed E-state index contributed by atoms with van der Waals surface area (Å²) in [7, 11) is 1.43. The van der Waals surface area contributed by atoms with Gasteiger partial charge in [0.2, 0.25) is 0 Å². The fourth-order valence-corrected chi connectivity index (χ4v) is 2.51. The summed E-state index contributed by atoms with van der Waals surface area (Å²) in [4.78, 5) is 11.3. The van der Waals surface area contributed by atoms with E-state index in [2.05, 4.69) is 5.10 Å². The zero-order valence-corrected chi connectivity index (χ0v) is 13.3. The summed E-state index contributed by atoms with van der Waals surface area (Å²) in [5.74, 6) is -1.36. The molecule has 0 saturated carbocycles. The highest BCUT2D eigenvalue weighted by molar-refractivity contribution is 6.30. The molecule has 0 aliphatic heterocycles. The Morgan fingerprint density at radius 2 is 2.04 bits per heavy atom. The molecule has 2 aromatic carbocycles. The van der Waals surface area contributed by atoms with Crippen molar-refractivity contribution < 1.29 is 19.0 Å². The molecule has 0 atom stereocenters. The van der Waals surface area contributed by atoms with Crippen molar-refractivity contribution in [1.29, 1.82) is 0 Å². The fraction of sp³-hybridized carbons (Fsp3) is 0.0588. The van der Waals surface area contributed by atoms with E-state index in [1.165, 1.54) is 30.0 Å². The van der Waals surface area contributed by atoms with Crippen LogP contribution in [-0.4, -0.2) is 28.0 Å². The van der Waals surface area contributed by atoms with Crippen LogP contribution in [0.2, 0.25) is 5.02 Å². The van der Waals surface area contributed by atoms with Crippen molar-refractivity contribution in [2.75, 3.05) is 7.11 Å². The highest BCUT2D eigenvalue weighted by Crippen LogP contribution is 2.29. The predicted molar refractivity (Wildman–Crippen MR) is 87.5 cm³/mol. The number of carbonyl (C=O) groups is 1. The van der Waals surface area contributed by atoms with Crippen LogP contribution >= 0.6 is 11.6 Å². The standard InChI is InChI=1S/C17H12ClFN2O3/c1-24-14-6-10(5-12(19)8-14)16-9-15(17(22)23)20-21(16)13-4-2-3-11(18)7-13/h2-9H,1H3,(H,22,23). The first-order chi connectivity index (χ1) is 11.5. The summed E-state index contributed by atoms with van der Waals surface area (Å²) < 4.78 is 20.3. The lowest BCUT2D eigenvalue weighted by molar-refractivity contribution is 0.0690. The van der Waals surface area contributed by atoms with E-state index in [9.17, 15) is 14.3 Å². The largest absolute Gasteiger partial charge is 0.497 e. The number of rotatable bonds is 4. The third kappa shape index (κ3) is 3.09. The third-order valence-corrected chi connectivity index (χ3v) is 3.62. The Morgan fingerprint density at radius 3 is 2.71 bits per heavy atom. The predicted octanol–water partition coefficient (Wildman–Crippen LogP) is 4.04. The number of nitrogens with zero attached hydrogens (tertiary/aromatic N) is 2. The molecule has 0 unspecified atom stereocenters. The summed E-state index contributed by atoms with van der Waals surface area (Å²) in [6, 6.07) is 12.3. The van der Waals surface area contributed by atoms with Gasteiger partial charge in [0.15, 0.2) is 5.69 Å². The molecule has 3 rings (SSSR count). The van der Waals surface area contributed by atoms with Gasteiger partial charge in [0.25, 0.3) is 0 Å². The van der Waals surface area contributed by atoms with Crippen molar-refractivity contribution >= 4 is 17.6 Å². The second-order valence-electron chi connectivity index (χ2n) is 4.99. The highest BCUT2D eigenvalue weighted by atomic mass is 35.5. The second-order valence-corrected chi connectivity index (χ2v) is 5.43. The molecule has 1 N–H and O–H groups in total. The first-order valence-corrected chi connectivity index (χ1v) is 7.30. The van der Waals surface area contributed by atoms with E-state index >= 15 is 0 Å². The van der Waals surface area contributed by atoms with Gasteiger partial charge in [-0.1, -0.05) is 17.7 Å². The van der Waals surface area contributed by atoms with Crippen molar-refractivity contribution in [2.45, 2.75) is 0 Å². The summed E-state index contributed by atoms with van der Waals surface area (Å²) in [6.07, 6.45) is 0. The molecule has 0 aliphatic rings. The Kier molecular flexibility index (Phi) is 4.22. The Balaban J connectivity index is 2.23. The lowest BCUT2D eigenvalue weighted by Crippen LogP contribution is -2.02. The molecule has 0 saturated heterocycles. The average molecular weight is 347 g/mol. The van der Waals surface area contributed by atoms with Gasteiger partial charge in [-0.25, -0.2) is 13.9 Å². The second kappa shape index (κ2) is 6.33. The highest BCUT2D eigenvalue weighted by Gasteiger charge is 2.17. The van der Waals surface area contributed by atoms with Crippen molar-refractivity contribution in [1.82, 2.24) is 9.78 Å². The van der Waals surface area contributed by atoms with E-state index < -0.39 is 11.8 Å². The molecule has 0 fully saturated rings. The molecule has 5 nitrogen and oxygen atoms in total. The normalized spacial score (nSPS) is 10.6. The molecule has 0 radical (unpaired) electrons. The van der Waals surface area contributed by atoms with Gasteiger partial charge in [-0.2, -0.15) is 5.10 Å². The topological polar surface area (TPSA) is 64.3 Å². The monoisotopic (exact) mass is 346 g/mol. The Bertz CT molecular complexity index is 924. The SMILES string of the molecule is COc1cc(F)cc(-c2cc(C(=O)O)nn2-c2cccc(Cl)c2)c1. The van der Waals surface area contributed by atoms with E-state index in [1.54, 1.807) is 30.3 Å². The fourth-order valence-electron chi connectivity index (χ4n) is 2.32. The van der Waals surface area contributed by atoms with Crippen molar-refractivity contribution in [2.24, 2.45) is 0 Å². The first kappa shape index (κ1) is 16.0. The van der Waals surface area contributed by atoms with E-state index in [0.29, 0.717) is 27.7 Å². The van der Waals surface area contributed by atoms with Crippen LogP contribution < -0.4 is 4.74 Å². The van der Waals surface area contributed by atoms with Crippen LogP contribution in [0, 0.1) is 5.82 Å². The van der Waals surface area contributed by atoms with Crippen LogP contribution in [0.15, 0.2) is 48.5 Å². The number of aromatic nitrogens is 2. The molecule has 3 aromatic rings. The van der Waals surface area contributed by atoms with E-state index in [1.807, 2.05) is 0 Å². The number of hydrogen-bond donors (Lipinski definition) is 1. The molecule has 0 spiro atoms. The molecule has 24 heavy (non-hydrogen) atoms. The molecular weight excluding hydrogens is 335 g/mol. The molecule has 122 valence electrons. The number of hydrogen-bond acceptors (Lipinski definition) is 3. The lowest BCUT2D eigenvalue weighted by atomic mass is 10.1. The van der Waals surface area contributed by atoms with Gasteiger partial charge in [-0.15, -0.1) is 0 Å².